The lowest BCUT2D eigenvalue weighted by Crippen LogP contribution is -2.47. The quantitative estimate of drug-likeness (QED) is 0.497. The molecule has 0 N–H and O–H groups in total. The predicted molar refractivity (Wildman–Crippen MR) is 54.0 cm³/mol. The minimum Gasteiger partial charge on any atom is -0.464 e. The molecule has 1 fully saturated rings. The molecule has 2 rings (SSSR count). The standard InChI is InChI=1S/C11H15NO3/c1-3-15-11(14)10-8-4-5-9(6-8)12(10)7(2)13/h4-5,8-10H,3,6H2,1-2H3/t8-,9+,10+/m0/s1. The number of hydrogen-bond donors (Lipinski definition) is 0. The van der Waals surface area contributed by atoms with Gasteiger partial charge < -0.3 is 9.64 Å². The van der Waals surface area contributed by atoms with Crippen LogP contribution >= 0.6 is 0 Å². The molecular weight excluding hydrogens is 194 g/mol. The summed E-state index contributed by atoms with van der Waals surface area (Å²) in [6.07, 6.45) is 4.89. The summed E-state index contributed by atoms with van der Waals surface area (Å²) < 4.78 is 4.99. The number of amides is 1. The van der Waals surface area contributed by atoms with Crippen LogP contribution in [0.2, 0.25) is 0 Å². The van der Waals surface area contributed by atoms with Gasteiger partial charge in [-0.2, -0.15) is 0 Å². The highest BCUT2D eigenvalue weighted by atomic mass is 16.5. The molecule has 1 amide bonds. The van der Waals surface area contributed by atoms with Crippen LogP contribution < -0.4 is 0 Å². The average molecular weight is 209 g/mol. The van der Waals surface area contributed by atoms with Gasteiger partial charge in [-0.15, -0.1) is 0 Å². The molecule has 2 bridgehead atoms. The Hall–Kier alpha value is -1.32. The molecule has 82 valence electrons. The highest BCUT2D eigenvalue weighted by Crippen LogP contribution is 2.37. The molecule has 4 nitrogen and oxygen atoms in total. The van der Waals surface area contributed by atoms with E-state index in [0.717, 1.165) is 6.42 Å². The van der Waals surface area contributed by atoms with Crippen LogP contribution in [0, 0.1) is 5.92 Å². The van der Waals surface area contributed by atoms with Crippen molar-refractivity contribution in [1.29, 1.82) is 0 Å². The van der Waals surface area contributed by atoms with E-state index >= 15 is 0 Å². The summed E-state index contributed by atoms with van der Waals surface area (Å²) in [6.45, 7) is 3.64. The van der Waals surface area contributed by atoms with Crippen molar-refractivity contribution in [3.05, 3.63) is 12.2 Å². The number of ether oxygens (including phenoxy) is 1. The summed E-state index contributed by atoms with van der Waals surface area (Å²) in [7, 11) is 0. The smallest absolute Gasteiger partial charge is 0.329 e. The zero-order valence-electron chi connectivity index (χ0n) is 8.97. The van der Waals surface area contributed by atoms with E-state index in [9.17, 15) is 9.59 Å². The molecule has 15 heavy (non-hydrogen) atoms. The molecule has 3 atom stereocenters. The Balaban J connectivity index is 2.19. The van der Waals surface area contributed by atoms with E-state index in [1.54, 1.807) is 11.8 Å². The molecule has 1 saturated heterocycles. The molecule has 1 heterocycles. The number of hydrogen-bond acceptors (Lipinski definition) is 3. The Bertz CT molecular complexity index is 324. The Morgan fingerprint density at radius 2 is 2.20 bits per heavy atom. The fourth-order valence-corrected chi connectivity index (χ4v) is 2.51. The van der Waals surface area contributed by atoms with Crippen molar-refractivity contribution in [2.24, 2.45) is 5.92 Å². The number of carbonyl (C=O) groups excluding carboxylic acids is 2. The van der Waals surface area contributed by atoms with Gasteiger partial charge >= 0.3 is 5.97 Å². The normalized spacial score (nSPS) is 32.1. The van der Waals surface area contributed by atoms with Gasteiger partial charge in [-0.25, -0.2) is 4.79 Å². The van der Waals surface area contributed by atoms with Crippen LogP contribution in [0.4, 0.5) is 0 Å². The Morgan fingerprint density at radius 1 is 1.47 bits per heavy atom. The maximum absolute atomic E-state index is 11.7. The van der Waals surface area contributed by atoms with Crippen LogP contribution in [0.1, 0.15) is 20.3 Å². The van der Waals surface area contributed by atoms with Gasteiger partial charge in [0.1, 0.15) is 6.04 Å². The molecule has 0 saturated carbocycles. The third-order valence-corrected chi connectivity index (χ3v) is 3.05. The van der Waals surface area contributed by atoms with Crippen LogP contribution in [-0.2, 0) is 14.3 Å². The van der Waals surface area contributed by atoms with Crippen LogP contribution in [0.15, 0.2) is 12.2 Å². The van der Waals surface area contributed by atoms with Gasteiger partial charge in [-0.1, -0.05) is 12.2 Å². The monoisotopic (exact) mass is 209 g/mol. The Labute approximate surface area is 88.9 Å². The zero-order chi connectivity index (χ0) is 11.0. The highest BCUT2D eigenvalue weighted by Gasteiger charge is 2.48. The van der Waals surface area contributed by atoms with Crippen LogP contribution in [0.25, 0.3) is 0 Å². The van der Waals surface area contributed by atoms with E-state index in [-0.39, 0.29) is 23.8 Å². The largest absolute Gasteiger partial charge is 0.464 e. The summed E-state index contributed by atoms with van der Waals surface area (Å²) in [6, 6.07) is -0.292. The van der Waals surface area contributed by atoms with Crippen molar-refractivity contribution in [2.75, 3.05) is 6.61 Å². The van der Waals surface area contributed by atoms with E-state index in [4.69, 9.17) is 4.74 Å². The number of rotatable bonds is 2. The highest BCUT2D eigenvalue weighted by molar-refractivity contribution is 5.85. The summed E-state index contributed by atoms with van der Waals surface area (Å²) in [5.74, 6) is -0.174. The lowest BCUT2D eigenvalue weighted by molar-refractivity contribution is -0.154. The molecule has 0 spiro atoms. The minimum atomic E-state index is -0.391. The van der Waals surface area contributed by atoms with Crippen LogP contribution in [-0.4, -0.2) is 35.5 Å². The number of esters is 1. The van der Waals surface area contributed by atoms with Crippen molar-refractivity contribution in [3.63, 3.8) is 0 Å². The van der Waals surface area contributed by atoms with Crippen molar-refractivity contribution < 1.29 is 14.3 Å². The first kappa shape index (κ1) is 10.2. The van der Waals surface area contributed by atoms with Gasteiger partial charge in [0, 0.05) is 12.8 Å². The Kier molecular flexibility index (Phi) is 2.50. The summed E-state index contributed by atoms with van der Waals surface area (Å²) >= 11 is 0. The molecule has 4 heteroatoms. The molecule has 2 aliphatic rings. The fraction of sp³-hybridized carbons (Fsp3) is 0.636. The van der Waals surface area contributed by atoms with Gasteiger partial charge in [0.15, 0.2) is 0 Å². The number of nitrogens with zero attached hydrogens (tertiary/aromatic N) is 1. The second-order valence-electron chi connectivity index (χ2n) is 3.97. The second-order valence-corrected chi connectivity index (χ2v) is 3.97. The molecule has 0 aromatic carbocycles. The predicted octanol–water partition coefficient (Wildman–Crippen LogP) is 0.725. The van der Waals surface area contributed by atoms with E-state index < -0.39 is 6.04 Å². The summed E-state index contributed by atoms with van der Waals surface area (Å²) in [5.41, 5.74) is 0. The summed E-state index contributed by atoms with van der Waals surface area (Å²) in [5, 5.41) is 0. The summed E-state index contributed by atoms with van der Waals surface area (Å²) in [4.78, 5) is 24.8. The number of fused-ring (bicyclic) bond motifs is 2. The van der Waals surface area contributed by atoms with Crippen LogP contribution in [0.5, 0.6) is 0 Å². The molecule has 0 unspecified atom stereocenters. The number of likely N-dealkylation sites (tertiary alicyclic amines) is 1. The first-order valence-corrected chi connectivity index (χ1v) is 5.29. The van der Waals surface area contributed by atoms with Gasteiger partial charge in [0.05, 0.1) is 12.6 Å². The molecule has 1 aliphatic carbocycles. The average Bonchev–Trinajstić information content (AvgIpc) is 2.76. The first-order valence-electron chi connectivity index (χ1n) is 5.29. The fourth-order valence-electron chi connectivity index (χ4n) is 2.51. The molecule has 0 radical (unpaired) electrons. The van der Waals surface area contributed by atoms with Crippen molar-refractivity contribution in [1.82, 2.24) is 4.90 Å². The Morgan fingerprint density at radius 3 is 2.80 bits per heavy atom. The minimum absolute atomic E-state index is 0.0510. The molecule has 1 aliphatic heterocycles. The lowest BCUT2D eigenvalue weighted by Gasteiger charge is -2.29. The molecule has 0 aromatic heterocycles. The van der Waals surface area contributed by atoms with Crippen molar-refractivity contribution >= 4 is 11.9 Å². The van der Waals surface area contributed by atoms with Gasteiger partial charge in [-0.05, 0) is 13.3 Å². The first-order chi connectivity index (χ1) is 7.15. The lowest BCUT2D eigenvalue weighted by atomic mass is 10.0. The van der Waals surface area contributed by atoms with Crippen molar-refractivity contribution in [3.8, 4) is 0 Å². The third kappa shape index (κ3) is 1.54. The topological polar surface area (TPSA) is 46.6 Å². The van der Waals surface area contributed by atoms with E-state index in [1.165, 1.54) is 6.92 Å². The van der Waals surface area contributed by atoms with Crippen molar-refractivity contribution in [2.45, 2.75) is 32.4 Å². The van der Waals surface area contributed by atoms with Gasteiger partial charge in [-0.3, -0.25) is 4.79 Å². The maximum atomic E-state index is 11.7. The molecular formula is C11H15NO3. The van der Waals surface area contributed by atoms with E-state index in [0.29, 0.717) is 6.61 Å². The van der Waals surface area contributed by atoms with Crippen LogP contribution in [0.3, 0.4) is 0 Å². The SMILES string of the molecule is CCOC(=O)[C@H]1[C@H]2C=C[C@H](C2)N1C(C)=O. The third-order valence-electron chi connectivity index (χ3n) is 3.05. The molecule has 0 aromatic rings. The maximum Gasteiger partial charge on any atom is 0.329 e. The zero-order valence-corrected chi connectivity index (χ0v) is 8.97. The second kappa shape index (κ2) is 3.68. The van der Waals surface area contributed by atoms with Gasteiger partial charge in [0.25, 0.3) is 0 Å². The van der Waals surface area contributed by atoms with E-state index in [2.05, 4.69) is 0 Å². The van der Waals surface area contributed by atoms with Gasteiger partial charge in [0.2, 0.25) is 5.91 Å². The number of carbonyl (C=O) groups is 2. The van der Waals surface area contributed by atoms with E-state index in [1.807, 2.05) is 12.2 Å².